The summed E-state index contributed by atoms with van der Waals surface area (Å²) in [5, 5.41) is 3.08. The zero-order valence-corrected chi connectivity index (χ0v) is 16.5. The van der Waals surface area contributed by atoms with Crippen LogP contribution in [0.5, 0.6) is 0 Å². The smallest absolute Gasteiger partial charge is 0.264 e. The summed E-state index contributed by atoms with van der Waals surface area (Å²) in [5.74, 6) is 0.588. The third-order valence-corrected chi connectivity index (χ3v) is 7.78. The van der Waals surface area contributed by atoms with E-state index >= 15 is 0 Å². The summed E-state index contributed by atoms with van der Waals surface area (Å²) in [7, 11) is -2.46. The molecule has 2 fully saturated rings. The Hall–Kier alpha value is -2.41. The lowest BCUT2D eigenvalue weighted by Gasteiger charge is -2.23. The lowest BCUT2D eigenvalue weighted by Crippen LogP contribution is -2.38. The van der Waals surface area contributed by atoms with Gasteiger partial charge in [0.25, 0.3) is 15.9 Å². The van der Waals surface area contributed by atoms with Crippen LogP contribution in [-0.4, -0.2) is 27.4 Å². The van der Waals surface area contributed by atoms with Crippen LogP contribution in [0.1, 0.15) is 36.0 Å². The minimum absolute atomic E-state index is 0.0277. The van der Waals surface area contributed by atoms with Crippen molar-refractivity contribution >= 4 is 21.6 Å². The van der Waals surface area contributed by atoms with Crippen LogP contribution in [0, 0.1) is 17.7 Å². The lowest BCUT2D eigenvalue weighted by molar-refractivity contribution is 0.0922. The van der Waals surface area contributed by atoms with E-state index in [1.165, 1.54) is 56.3 Å². The average Bonchev–Trinajstić information content (AvgIpc) is 3.31. The van der Waals surface area contributed by atoms with E-state index in [4.69, 9.17) is 0 Å². The fourth-order valence-electron chi connectivity index (χ4n) is 4.42. The van der Waals surface area contributed by atoms with Gasteiger partial charge in [-0.3, -0.25) is 9.10 Å². The van der Waals surface area contributed by atoms with Crippen molar-refractivity contribution in [3.8, 4) is 0 Å². The van der Waals surface area contributed by atoms with Crippen LogP contribution >= 0.6 is 0 Å². The van der Waals surface area contributed by atoms with Crippen LogP contribution in [0.25, 0.3) is 0 Å². The molecule has 2 aliphatic rings. The topological polar surface area (TPSA) is 66.5 Å². The fraction of sp³-hybridized carbons (Fsp3) is 0.381. The monoisotopic (exact) mass is 402 g/mol. The third-order valence-electron chi connectivity index (χ3n) is 6.00. The summed E-state index contributed by atoms with van der Waals surface area (Å²) < 4.78 is 40.1. The van der Waals surface area contributed by atoms with Gasteiger partial charge in [-0.15, -0.1) is 0 Å². The van der Waals surface area contributed by atoms with Crippen molar-refractivity contribution < 1.29 is 17.6 Å². The first-order valence-electron chi connectivity index (χ1n) is 9.50. The molecule has 3 atom stereocenters. The molecule has 0 saturated heterocycles. The van der Waals surface area contributed by atoms with Crippen LogP contribution in [0.4, 0.5) is 10.1 Å². The van der Waals surface area contributed by atoms with Gasteiger partial charge < -0.3 is 5.32 Å². The first-order valence-corrected chi connectivity index (χ1v) is 10.9. The molecule has 2 aromatic rings. The summed E-state index contributed by atoms with van der Waals surface area (Å²) >= 11 is 0. The molecule has 0 aliphatic heterocycles. The number of hydrogen-bond donors (Lipinski definition) is 1. The highest BCUT2D eigenvalue weighted by molar-refractivity contribution is 7.92. The number of fused-ring (bicyclic) bond motifs is 2. The molecular formula is C21H23FN2O3S. The predicted molar refractivity (Wildman–Crippen MR) is 105 cm³/mol. The van der Waals surface area contributed by atoms with E-state index in [1.54, 1.807) is 12.1 Å². The van der Waals surface area contributed by atoms with Crippen molar-refractivity contribution in [1.82, 2.24) is 5.32 Å². The lowest BCUT2D eigenvalue weighted by atomic mass is 9.95. The number of sulfonamides is 1. The largest absolute Gasteiger partial charge is 0.349 e. The molecule has 2 saturated carbocycles. The van der Waals surface area contributed by atoms with Gasteiger partial charge in [-0.1, -0.05) is 12.5 Å². The second-order valence-electron chi connectivity index (χ2n) is 7.73. The summed E-state index contributed by atoms with van der Waals surface area (Å²) in [6.45, 7) is 0. The van der Waals surface area contributed by atoms with Crippen LogP contribution in [0.3, 0.4) is 0 Å². The van der Waals surface area contributed by atoms with Gasteiger partial charge in [0.05, 0.1) is 10.6 Å². The Balaban J connectivity index is 1.53. The Morgan fingerprint density at radius 2 is 1.86 bits per heavy atom. The zero-order valence-electron chi connectivity index (χ0n) is 15.6. The van der Waals surface area contributed by atoms with Gasteiger partial charge in [-0.05, 0) is 73.6 Å². The molecule has 1 N–H and O–H groups in total. The first-order chi connectivity index (χ1) is 13.3. The van der Waals surface area contributed by atoms with Crippen molar-refractivity contribution in [2.45, 2.75) is 36.6 Å². The van der Waals surface area contributed by atoms with Crippen molar-refractivity contribution in [2.75, 3.05) is 11.4 Å². The molecule has 148 valence electrons. The van der Waals surface area contributed by atoms with Crippen molar-refractivity contribution in [3.63, 3.8) is 0 Å². The zero-order chi connectivity index (χ0) is 19.9. The normalized spacial score (nSPS) is 23.6. The number of rotatable bonds is 5. The van der Waals surface area contributed by atoms with E-state index in [-0.39, 0.29) is 16.8 Å². The number of benzene rings is 2. The molecule has 2 aliphatic carbocycles. The number of amides is 1. The predicted octanol–water partition coefficient (Wildman–Crippen LogP) is 3.57. The first kappa shape index (κ1) is 18.9. The fourth-order valence-corrected chi connectivity index (χ4v) is 5.66. The molecule has 0 heterocycles. The maximum absolute atomic E-state index is 13.1. The Labute approximate surface area is 164 Å². The maximum atomic E-state index is 13.1. The Bertz CT molecular complexity index is 991. The molecule has 1 amide bonds. The number of carbonyl (C=O) groups is 1. The number of nitrogens with zero attached hydrogens (tertiary/aromatic N) is 1. The Morgan fingerprint density at radius 1 is 1.11 bits per heavy atom. The second-order valence-corrected chi connectivity index (χ2v) is 9.70. The van der Waals surface area contributed by atoms with E-state index < -0.39 is 15.8 Å². The van der Waals surface area contributed by atoms with Gasteiger partial charge in [-0.25, -0.2) is 12.8 Å². The van der Waals surface area contributed by atoms with E-state index in [9.17, 15) is 17.6 Å². The molecule has 7 heteroatoms. The van der Waals surface area contributed by atoms with E-state index in [0.717, 1.165) is 17.1 Å². The number of hydrogen-bond acceptors (Lipinski definition) is 3. The van der Waals surface area contributed by atoms with Crippen LogP contribution < -0.4 is 9.62 Å². The highest BCUT2D eigenvalue weighted by Gasteiger charge is 2.40. The number of anilines is 1. The summed E-state index contributed by atoms with van der Waals surface area (Å²) in [6.07, 6.45) is 4.61. The molecular weight excluding hydrogens is 379 g/mol. The average molecular weight is 402 g/mol. The molecule has 0 unspecified atom stereocenters. The number of nitrogens with one attached hydrogen (secondary N) is 1. The van der Waals surface area contributed by atoms with Crippen molar-refractivity contribution in [3.05, 3.63) is 59.9 Å². The molecule has 2 bridgehead atoms. The standard InChI is InChI=1S/C21H23FN2O3S/c1-24(18-9-7-17(22)8-10-18)28(26,27)19-4-2-3-16(13-19)21(25)23-20-12-14-5-6-15(20)11-14/h2-4,7-10,13-15,20H,5-6,11-12H2,1H3,(H,23,25)/t14-,15-,20-/m0/s1. The molecule has 2 aromatic carbocycles. The second kappa shape index (κ2) is 7.20. The number of carbonyl (C=O) groups excluding carboxylic acids is 1. The van der Waals surface area contributed by atoms with Crippen LogP contribution in [0.2, 0.25) is 0 Å². The van der Waals surface area contributed by atoms with E-state index in [2.05, 4.69) is 5.32 Å². The van der Waals surface area contributed by atoms with Gasteiger partial charge in [0, 0.05) is 18.7 Å². The highest BCUT2D eigenvalue weighted by atomic mass is 32.2. The third kappa shape index (κ3) is 3.51. The van der Waals surface area contributed by atoms with E-state index in [1.807, 2.05) is 0 Å². The van der Waals surface area contributed by atoms with Gasteiger partial charge in [0.2, 0.25) is 0 Å². The molecule has 0 aromatic heterocycles. The van der Waals surface area contributed by atoms with Gasteiger partial charge in [0.1, 0.15) is 5.82 Å². The van der Waals surface area contributed by atoms with Gasteiger partial charge in [0.15, 0.2) is 0 Å². The summed E-state index contributed by atoms with van der Waals surface area (Å²) in [4.78, 5) is 12.7. The minimum atomic E-state index is -3.87. The maximum Gasteiger partial charge on any atom is 0.264 e. The Kier molecular flexibility index (Phi) is 4.87. The molecule has 4 rings (SSSR count). The summed E-state index contributed by atoms with van der Waals surface area (Å²) in [5.41, 5.74) is 0.676. The molecule has 5 nitrogen and oxygen atoms in total. The van der Waals surface area contributed by atoms with Crippen LogP contribution in [0.15, 0.2) is 53.4 Å². The highest BCUT2D eigenvalue weighted by Crippen LogP contribution is 2.44. The van der Waals surface area contributed by atoms with Gasteiger partial charge in [-0.2, -0.15) is 0 Å². The summed E-state index contributed by atoms with van der Waals surface area (Å²) in [6, 6.07) is 11.5. The Morgan fingerprint density at radius 3 is 2.50 bits per heavy atom. The van der Waals surface area contributed by atoms with E-state index in [0.29, 0.717) is 23.1 Å². The molecule has 0 radical (unpaired) electrons. The molecule has 0 spiro atoms. The molecule has 28 heavy (non-hydrogen) atoms. The van der Waals surface area contributed by atoms with Gasteiger partial charge >= 0.3 is 0 Å². The quantitative estimate of drug-likeness (QED) is 0.831. The van der Waals surface area contributed by atoms with Crippen LogP contribution in [-0.2, 0) is 10.0 Å². The minimum Gasteiger partial charge on any atom is -0.349 e. The SMILES string of the molecule is CN(c1ccc(F)cc1)S(=O)(=O)c1cccc(C(=O)N[C@H]2C[C@H]3CC[C@H]2C3)c1. The van der Waals surface area contributed by atoms with Crippen molar-refractivity contribution in [1.29, 1.82) is 0 Å². The number of halogens is 1. The van der Waals surface area contributed by atoms with Crippen molar-refractivity contribution in [2.24, 2.45) is 11.8 Å².